The quantitative estimate of drug-likeness (QED) is 0.559. The molecule has 0 saturated heterocycles. The van der Waals surface area contributed by atoms with Crippen LogP contribution in [-0.2, 0) is 9.53 Å². The summed E-state index contributed by atoms with van der Waals surface area (Å²) in [7, 11) is 0. The zero-order valence-electron chi connectivity index (χ0n) is 16.1. The van der Waals surface area contributed by atoms with E-state index in [4.69, 9.17) is 4.74 Å². The number of carbonyl (C=O) groups is 2. The lowest BCUT2D eigenvalue weighted by molar-refractivity contribution is -0.118. The van der Waals surface area contributed by atoms with Gasteiger partial charge in [0.2, 0.25) is 5.91 Å². The molecule has 0 spiro atoms. The van der Waals surface area contributed by atoms with Crippen LogP contribution in [0.1, 0.15) is 40.0 Å². The Morgan fingerprint density at radius 3 is 2.74 bits per heavy atom. The first-order valence-corrected chi connectivity index (χ1v) is 9.04. The highest BCUT2D eigenvalue weighted by Gasteiger charge is 2.24. The summed E-state index contributed by atoms with van der Waals surface area (Å²) in [4.78, 5) is 29.1. The molecule has 0 aliphatic rings. The Kier molecular flexibility index (Phi) is 6.93. The Balaban J connectivity index is 2.08. The largest absolute Gasteiger partial charge is 0.444 e. The molecule has 6 nitrogen and oxygen atoms in total. The van der Waals surface area contributed by atoms with E-state index in [0.717, 1.165) is 23.7 Å². The average molecular weight is 369 g/mol. The number of nitrogens with zero attached hydrogens (tertiary/aromatic N) is 1. The van der Waals surface area contributed by atoms with E-state index < -0.39 is 17.7 Å². The molecule has 1 heterocycles. The summed E-state index contributed by atoms with van der Waals surface area (Å²) in [5.74, 6) is -0.304. The van der Waals surface area contributed by atoms with Crippen LogP contribution in [0.15, 0.2) is 49.2 Å². The van der Waals surface area contributed by atoms with Crippen LogP contribution >= 0.6 is 0 Å². The minimum absolute atomic E-state index is 0.304. The number of alkyl carbamates (subject to hydrolysis) is 1. The van der Waals surface area contributed by atoms with Gasteiger partial charge in [0.15, 0.2) is 0 Å². The summed E-state index contributed by atoms with van der Waals surface area (Å²) in [6.45, 7) is 9.02. The maximum absolute atomic E-state index is 12.7. The number of hydrogen-bond donors (Lipinski definition) is 2. The standard InChI is InChI=1S/C21H27N3O3/c1-5-6-7-12-18(24-20(26)27-21(2,3)4)19(25)23-16-13-15-10-8-9-11-17(15)22-14-16/h5,8-11,13-14,18H,1,6-7,12H2,2-4H3,(H,23,25)(H,24,26). The second kappa shape index (κ2) is 9.16. The van der Waals surface area contributed by atoms with Gasteiger partial charge in [-0.05, 0) is 52.2 Å². The van der Waals surface area contributed by atoms with Gasteiger partial charge < -0.3 is 15.4 Å². The van der Waals surface area contributed by atoms with E-state index in [1.807, 2.05) is 30.3 Å². The Labute approximate surface area is 160 Å². The third-order valence-electron chi connectivity index (χ3n) is 3.77. The highest BCUT2D eigenvalue weighted by Crippen LogP contribution is 2.17. The Hall–Kier alpha value is -2.89. The van der Waals surface area contributed by atoms with Gasteiger partial charge in [0.05, 0.1) is 17.4 Å². The molecule has 2 N–H and O–H groups in total. The molecule has 1 aromatic carbocycles. The molecule has 2 rings (SSSR count). The van der Waals surface area contributed by atoms with Crippen LogP contribution in [0, 0.1) is 0 Å². The van der Waals surface area contributed by atoms with Crippen LogP contribution in [0.3, 0.4) is 0 Å². The number of ether oxygens (including phenoxy) is 1. The van der Waals surface area contributed by atoms with E-state index in [-0.39, 0.29) is 5.91 Å². The fourth-order valence-electron chi connectivity index (χ4n) is 2.55. The van der Waals surface area contributed by atoms with Gasteiger partial charge in [0.25, 0.3) is 0 Å². The van der Waals surface area contributed by atoms with Crippen LogP contribution < -0.4 is 10.6 Å². The maximum Gasteiger partial charge on any atom is 0.408 e. The molecule has 1 unspecified atom stereocenters. The Morgan fingerprint density at radius 1 is 1.30 bits per heavy atom. The predicted molar refractivity (Wildman–Crippen MR) is 108 cm³/mol. The highest BCUT2D eigenvalue weighted by molar-refractivity contribution is 5.97. The molecule has 0 fully saturated rings. The summed E-state index contributed by atoms with van der Waals surface area (Å²) in [6.07, 6.45) is 4.75. The lowest BCUT2D eigenvalue weighted by Crippen LogP contribution is -2.45. The minimum Gasteiger partial charge on any atom is -0.444 e. The predicted octanol–water partition coefficient (Wildman–Crippen LogP) is 4.42. The van der Waals surface area contributed by atoms with Crippen LogP contribution in [0.2, 0.25) is 0 Å². The number of rotatable bonds is 7. The number of benzene rings is 1. The molecule has 1 atom stereocenters. The number of para-hydroxylation sites is 1. The first-order valence-electron chi connectivity index (χ1n) is 9.04. The van der Waals surface area contributed by atoms with Gasteiger partial charge in [-0.3, -0.25) is 9.78 Å². The number of amides is 2. The van der Waals surface area contributed by atoms with Gasteiger partial charge in [0.1, 0.15) is 11.6 Å². The molecule has 144 valence electrons. The van der Waals surface area contributed by atoms with Crippen LogP contribution in [0.4, 0.5) is 10.5 Å². The van der Waals surface area contributed by atoms with Crippen molar-refractivity contribution in [3.8, 4) is 0 Å². The summed E-state index contributed by atoms with van der Waals surface area (Å²) in [5, 5.41) is 6.42. The summed E-state index contributed by atoms with van der Waals surface area (Å²) in [5.41, 5.74) is 0.803. The van der Waals surface area contributed by atoms with E-state index in [1.54, 1.807) is 33.0 Å². The lowest BCUT2D eigenvalue weighted by atomic mass is 10.1. The number of carbonyl (C=O) groups excluding carboxylic acids is 2. The SMILES string of the molecule is C=CCCCC(NC(=O)OC(C)(C)C)C(=O)Nc1cnc2ccccc2c1. The summed E-state index contributed by atoms with van der Waals surface area (Å²) >= 11 is 0. The van der Waals surface area contributed by atoms with Crippen molar-refractivity contribution in [3.63, 3.8) is 0 Å². The Morgan fingerprint density at radius 2 is 2.04 bits per heavy atom. The number of aromatic nitrogens is 1. The van der Waals surface area contributed by atoms with Crippen LogP contribution in [0.25, 0.3) is 10.9 Å². The molecular weight excluding hydrogens is 342 g/mol. The molecule has 0 aliphatic carbocycles. The molecular formula is C21H27N3O3. The Bertz CT molecular complexity index is 812. The molecule has 0 bridgehead atoms. The van der Waals surface area contributed by atoms with Crippen molar-refractivity contribution in [3.05, 3.63) is 49.2 Å². The molecule has 0 radical (unpaired) electrons. The monoisotopic (exact) mass is 369 g/mol. The zero-order valence-corrected chi connectivity index (χ0v) is 16.1. The molecule has 2 amide bonds. The van der Waals surface area contributed by atoms with Gasteiger partial charge in [-0.25, -0.2) is 4.79 Å². The lowest BCUT2D eigenvalue weighted by Gasteiger charge is -2.23. The molecule has 0 saturated carbocycles. The van der Waals surface area contributed by atoms with Gasteiger partial charge >= 0.3 is 6.09 Å². The third kappa shape index (κ3) is 6.73. The third-order valence-corrected chi connectivity index (χ3v) is 3.77. The topological polar surface area (TPSA) is 80.3 Å². The fourth-order valence-corrected chi connectivity index (χ4v) is 2.55. The van der Waals surface area contributed by atoms with Crippen molar-refractivity contribution in [1.82, 2.24) is 10.3 Å². The highest BCUT2D eigenvalue weighted by atomic mass is 16.6. The van der Waals surface area contributed by atoms with Gasteiger partial charge in [-0.2, -0.15) is 0 Å². The molecule has 2 aromatic rings. The van der Waals surface area contributed by atoms with E-state index >= 15 is 0 Å². The summed E-state index contributed by atoms with van der Waals surface area (Å²) < 4.78 is 5.27. The van der Waals surface area contributed by atoms with E-state index in [9.17, 15) is 9.59 Å². The van der Waals surface area contributed by atoms with Gasteiger partial charge in [-0.15, -0.1) is 6.58 Å². The van der Waals surface area contributed by atoms with Crippen molar-refractivity contribution in [2.24, 2.45) is 0 Å². The second-order valence-electron chi connectivity index (χ2n) is 7.32. The van der Waals surface area contributed by atoms with Crippen molar-refractivity contribution >= 4 is 28.6 Å². The number of anilines is 1. The van der Waals surface area contributed by atoms with E-state index in [2.05, 4.69) is 22.2 Å². The first-order chi connectivity index (χ1) is 12.8. The molecule has 6 heteroatoms. The fraction of sp³-hybridized carbons (Fsp3) is 0.381. The zero-order chi connectivity index (χ0) is 19.9. The number of fused-ring (bicyclic) bond motifs is 1. The van der Waals surface area contributed by atoms with Crippen molar-refractivity contribution in [1.29, 1.82) is 0 Å². The number of nitrogens with one attached hydrogen (secondary N) is 2. The minimum atomic E-state index is -0.703. The van der Waals surface area contributed by atoms with Crippen LogP contribution in [-0.4, -0.2) is 28.6 Å². The number of unbranched alkanes of at least 4 members (excludes halogenated alkanes) is 1. The van der Waals surface area contributed by atoms with Gasteiger partial charge in [0, 0.05) is 5.39 Å². The number of pyridine rings is 1. The first kappa shape index (κ1) is 20.4. The smallest absolute Gasteiger partial charge is 0.408 e. The molecule has 27 heavy (non-hydrogen) atoms. The number of hydrogen-bond acceptors (Lipinski definition) is 4. The van der Waals surface area contributed by atoms with Crippen LogP contribution in [0.5, 0.6) is 0 Å². The number of allylic oxidation sites excluding steroid dienone is 1. The normalized spacial score (nSPS) is 12.3. The molecule has 0 aliphatic heterocycles. The second-order valence-corrected chi connectivity index (χ2v) is 7.32. The van der Waals surface area contributed by atoms with Crippen molar-refractivity contribution < 1.29 is 14.3 Å². The van der Waals surface area contributed by atoms with E-state index in [0.29, 0.717) is 12.1 Å². The van der Waals surface area contributed by atoms with Crippen molar-refractivity contribution in [2.75, 3.05) is 5.32 Å². The molecule has 1 aromatic heterocycles. The average Bonchev–Trinajstić information content (AvgIpc) is 2.59. The summed E-state index contributed by atoms with van der Waals surface area (Å²) in [6, 6.07) is 8.81. The van der Waals surface area contributed by atoms with E-state index in [1.165, 1.54) is 0 Å². The van der Waals surface area contributed by atoms with Crippen molar-refractivity contribution in [2.45, 2.75) is 51.7 Å². The maximum atomic E-state index is 12.7. The van der Waals surface area contributed by atoms with Gasteiger partial charge in [-0.1, -0.05) is 24.3 Å².